The second kappa shape index (κ2) is 6.26. The molecule has 0 spiro atoms. The van der Waals surface area contributed by atoms with Crippen molar-refractivity contribution in [3.63, 3.8) is 0 Å². The Kier molecular flexibility index (Phi) is 4.98. The number of nitriles is 1. The van der Waals surface area contributed by atoms with Gasteiger partial charge in [-0.1, -0.05) is 15.9 Å². The van der Waals surface area contributed by atoms with Crippen molar-refractivity contribution < 1.29 is 4.79 Å². The lowest BCUT2D eigenvalue weighted by Crippen LogP contribution is -2.31. The molecule has 1 rings (SSSR count). The molecule has 1 N–H and O–H groups in total. The lowest BCUT2D eigenvalue weighted by atomic mass is 10.2. The number of anilines is 1. The summed E-state index contributed by atoms with van der Waals surface area (Å²) in [7, 11) is 1.76. The summed E-state index contributed by atoms with van der Waals surface area (Å²) in [6.07, 6.45) is 0. The Hall–Kier alpha value is -1.54. The molecule has 4 nitrogen and oxygen atoms in total. The van der Waals surface area contributed by atoms with Gasteiger partial charge in [-0.15, -0.1) is 0 Å². The van der Waals surface area contributed by atoms with Crippen LogP contribution in [0.5, 0.6) is 0 Å². The molecular formula is C12H14BrN3O. The predicted molar refractivity (Wildman–Crippen MR) is 70.7 cm³/mol. The molecule has 0 radical (unpaired) electrons. The lowest BCUT2D eigenvalue weighted by Gasteiger charge is -2.15. The van der Waals surface area contributed by atoms with E-state index in [0.29, 0.717) is 12.1 Å². The monoisotopic (exact) mass is 295 g/mol. The van der Waals surface area contributed by atoms with Gasteiger partial charge in [-0.05, 0) is 25.1 Å². The van der Waals surface area contributed by atoms with Crippen LogP contribution in [0.15, 0.2) is 22.7 Å². The summed E-state index contributed by atoms with van der Waals surface area (Å²) < 4.78 is 0.815. The first kappa shape index (κ1) is 13.5. The summed E-state index contributed by atoms with van der Waals surface area (Å²) in [5.74, 6) is 0.0194. The fourth-order valence-electron chi connectivity index (χ4n) is 1.25. The molecule has 0 aliphatic carbocycles. The van der Waals surface area contributed by atoms with E-state index >= 15 is 0 Å². The molecule has 0 atom stereocenters. The molecule has 0 fully saturated rings. The van der Waals surface area contributed by atoms with Crippen molar-refractivity contribution in [2.45, 2.75) is 6.92 Å². The van der Waals surface area contributed by atoms with Crippen LogP contribution in [0.3, 0.4) is 0 Å². The third-order valence-corrected chi connectivity index (χ3v) is 2.83. The van der Waals surface area contributed by atoms with E-state index in [9.17, 15) is 4.79 Å². The smallest absolute Gasteiger partial charge is 0.241 e. The van der Waals surface area contributed by atoms with E-state index < -0.39 is 0 Å². The first-order valence-electron chi connectivity index (χ1n) is 5.25. The van der Waals surface area contributed by atoms with E-state index in [1.165, 1.54) is 0 Å². The molecule has 0 heterocycles. The van der Waals surface area contributed by atoms with Gasteiger partial charge in [0.15, 0.2) is 0 Å². The van der Waals surface area contributed by atoms with Crippen molar-refractivity contribution in [1.29, 1.82) is 5.26 Å². The molecule has 17 heavy (non-hydrogen) atoms. The fraction of sp³-hybridized carbons (Fsp3) is 0.333. The zero-order valence-electron chi connectivity index (χ0n) is 9.83. The normalized spacial score (nSPS) is 9.53. The molecule has 0 aromatic heterocycles. The van der Waals surface area contributed by atoms with Crippen molar-refractivity contribution in [3.8, 4) is 6.07 Å². The van der Waals surface area contributed by atoms with Gasteiger partial charge in [0.25, 0.3) is 0 Å². The number of likely N-dealkylation sites (N-methyl/N-ethyl adjacent to an activating group) is 1. The van der Waals surface area contributed by atoms with E-state index in [-0.39, 0.29) is 12.5 Å². The fourth-order valence-corrected chi connectivity index (χ4v) is 1.74. The number of amides is 1. The Morgan fingerprint density at radius 1 is 1.53 bits per heavy atom. The third-order valence-electron chi connectivity index (χ3n) is 2.37. The summed E-state index contributed by atoms with van der Waals surface area (Å²) in [6.45, 7) is 2.83. The molecule has 0 bridgehead atoms. The number of benzene rings is 1. The van der Waals surface area contributed by atoms with Crippen LogP contribution >= 0.6 is 15.9 Å². The molecule has 0 aliphatic heterocycles. The van der Waals surface area contributed by atoms with Gasteiger partial charge in [-0.25, -0.2) is 0 Å². The maximum Gasteiger partial charge on any atom is 0.241 e. The Morgan fingerprint density at radius 2 is 2.24 bits per heavy atom. The minimum absolute atomic E-state index is 0.0194. The van der Waals surface area contributed by atoms with Gasteiger partial charge in [0.1, 0.15) is 0 Å². The van der Waals surface area contributed by atoms with Gasteiger partial charge in [-0.3, -0.25) is 4.79 Å². The van der Waals surface area contributed by atoms with Crippen LogP contribution in [-0.4, -0.2) is 30.9 Å². The Bertz CT molecular complexity index is 454. The largest absolute Gasteiger partial charge is 0.376 e. The van der Waals surface area contributed by atoms with Crippen molar-refractivity contribution in [3.05, 3.63) is 28.2 Å². The highest BCUT2D eigenvalue weighted by Gasteiger charge is 2.06. The van der Waals surface area contributed by atoms with Gasteiger partial charge in [0.2, 0.25) is 5.91 Å². The van der Waals surface area contributed by atoms with Gasteiger partial charge < -0.3 is 10.2 Å². The van der Waals surface area contributed by atoms with Crippen LogP contribution in [0.25, 0.3) is 0 Å². The molecule has 0 aliphatic rings. The van der Waals surface area contributed by atoms with E-state index in [1.807, 2.05) is 13.0 Å². The average molecular weight is 296 g/mol. The minimum atomic E-state index is 0.0194. The first-order valence-corrected chi connectivity index (χ1v) is 6.04. The van der Waals surface area contributed by atoms with E-state index in [1.54, 1.807) is 24.1 Å². The number of nitrogens with zero attached hydrogens (tertiary/aromatic N) is 2. The molecular weight excluding hydrogens is 282 g/mol. The van der Waals surface area contributed by atoms with Crippen LogP contribution in [0.4, 0.5) is 5.69 Å². The predicted octanol–water partition coefficient (Wildman–Crippen LogP) is 2.21. The Labute approximate surface area is 109 Å². The van der Waals surface area contributed by atoms with Crippen LogP contribution < -0.4 is 5.32 Å². The molecule has 1 amide bonds. The number of halogens is 1. The summed E-state index contributed by atoms with van der Waals surface area (Å²) in [6, 6.07) is 7.34. The number of hydrogen-bond donors (Lipinski definition) is 1. The summed E-state index contributed by atoms with van der Waals surface area (Å²) in [5, 5.41) is 11.8. The van der Waals surface area contributed by atoms with Crippen molar-refractivity contribution in [1.82, 2.24) is 4.90 Å². The van der Waals surface area contributed by atoms with Gasteiger partial charge in [0, 0.05) is 23.8 Å². The summed E-state index contributed by atoms with van der Waals surface area (Å²) >= 11 is 3.32. The highest BCUT2D eigenvalue weighted by molar-refractivity contribution is 9.10. The van der Waals surface area contributed by atoms with E-state index in [4.69, 9.17) is 5.26 Å². The lowest BCUT2D eigenvalue weighted by molar-refractivity contribution is -0.127. The number of carbonyl (C=O) groups excluding carboxylic acids is 1. The average Bonchev–Trinajstić information content (AvgIpc) is 2.34. The highest BCUT2D eigenvalue weighted by Crippen LogP contribution is 2.18. The highest BCUT2D eigenvalue weighted by atomic mass is 79.9. The van der Waals surface area contributed by atoms with Gasteiger partial charge in [-0.2, -0.15) is 5.26 Å². The SMILES string of the molecule is CCN(C)C(=O)CNc1cc(Br)cc(C#N)c1. The summed E-state index contributed by atoms with van der Waals surface area (Å²) in [4.78, 5) is 13.2. The molecule has 5 heteroatoms. The maximum absolute atomic E-state index is 11.6. The summed E-state index contributed by atoms with van der Waals surface area (Å²) in [5.41, 5.74) is 1.31. The van der Waals surface area contributed by atoms with Crippen molar-refractivity contribution in [2.75, 3.05) is 25.5 Å². The zero-order chi connectivity index (χ0) is 12.8. The molecule has 1 aromatic carbocycles. The number of nitrogens with one attached hydrogen (secondary N) is 1. The van der Waals surface area contributed by atoms with Crippen molar-refractivity contribution in [2.24, 2.45) is 0 Å². The zero-order valence-corrected chi connectivity index (χ0v) is 11.4. The molecule has 90 valence electrons. The number of rotatable bonds is 4. The van der Waals surface area contributed by atoms with E-state index in [2.05, 4.69) is 27.3 Å². The second-order valence-corrected chi connectivity index (χ2v) is 4.52. The van der Waals surface area contributed by atoms with Crippen molar-refractivity contribution >= 4 is 27.5 Å². The molecule has 0 saturated heterocycles. The molecule has 0 saturated carbocycles. The standard InChI is InChI=1S/C12H14BrN3O/c1-3-16(2)12(17)8-15-11-5-9(7-14)4-10(13)6-11/h4-6,15H,3,8H2,1-2H3. The van der Waals surface area contributed by atoms with Crippen LogP contribution in [0.1, 0.15) is 12.5 Å². The first-order chi connectivity index (χ1) is 8.06. The quantitative estimate of drug-likeness (QED) is 0.926. The van der Waals surface area contributed by atoms with Gasteiger partial charge >= 0.3 is 0 Å². The van der Waals surface area contributed by atoms with Gasteiger partial charge in [0.05, 0.1) is 18.2 Å². The number of carbonyl (C=O) groups is 1. The maximum atomic E-state index is 11.6. The molecule has 1 aromatic rings. The Balaban J connectivity index is 2.67. The van der Waals surface area contributed by atoms with Crippen LogP contribution in [0.2, 0.25) is 0 Å². The third kappa shape index (κ3) is 4.08. The minimum Gasteiger partial charge on any atom is -0.376 e. The van der Waals surface area contributed by atoms with Crippen LogP contribution in [0, 0.1) is 11.3 Å². The van der Waals surface area contributed by atoms with E-state index in [0.717, 1.165) is 10.2 Å². The topological polar surface area (TPSA) is 56.1 Å². The Morgan fingerprint density at radius 3 is 2.82 bits per heavy atom. The van der Waals surface area contributed by atoms with Crippen LogP contribution in [-0.2, 0) is 4.79 Å². The second-order valence-electron chi connectivity index (χ2n) is 3.60. The molecule has 0 unspecified atom stereocenters. The number of hydrogen-bond acceptors (Lipinski definition) is 3.